The van der Waals surface area contributed by atoms with E-state index in [-0.39, 0.29) is 11.8 Å². The van der Waals surface area contributed by atoms with Gasteiger partial charge in [-0.25, -0.2) is 0 Å². The normalized spacial score (nSPS) is 9.73. The third kappa shape index (κ3) is 6.53. The number of carbonyl (C=O) groups excluding carboxylic acids is 2. The number of carbonyl (C=O) groups is 2. The summed E-state index contributed by atoms with van der Waals surface area (Å²) in [5.74, 6) is -0.319. The van der Waals surface area contributed by atoms with Crippen LogP contribution in [0.4, 0.5) is 5.69 Å². The van der Waals surface area contributed by atoms with Gasteiger partial charge in [-0.15, -0.1) is 0 Å². The summed E-state index contributed by atoms with van der Waals surface area (Å²) >= 11 is 4.94. The Hall–Kier alpha value is -2.15. The molecule has 22 heavy (non-hydrogen) atoms. The summed E-state index contributed by atoms with van der Waals surface area (Å²) in [5, 5.41) is 6.01. The zero-order chi connectivity index (χ0) is 16.4. The van der Waals surface area contributed by atoms with E-state index in [0.29, 0.717) is 29.3 Å². The third-order valence-electron chi connectivity index (χ3n) is 2.82. The molecule has 120 valence electrons. The number of nitrogens with one attached hydrogen (secondary N) is 4. The summed E-state index contributed by atoms with van der Waals surface area (Å²) in [6.07, 6.45) is 2.35. The fraction of sp³-hybridized carbons (Fsp3) is 0.400. The number of thiocarbonyl (C=S) groups is 1. The van der Waals surface area contributed by atoms with Crippen molar-refractivity contribution in [2.24, 2.45) is 0 Å². The number of anilines is 1. The van der Waals surface area contributed by atoms with E-state index in [0.717, 1.165) is 12.8 Å². The molecular weight excluding hydrogens is 300 g/mol. The molecular formula is C15H22N4O2S. The number of amides is 2. The lowest BCUT2D eigenvalue weighted by atomic mass is 10.2. The Kier molecular flexibility index (Phi) is 7.91. The van der Waals surface area contributed by atoms with Crippen molar-refractivity contribution in [1.29, 1.82) is 0 Å². The van der Waals surface area contributed by atoms with Gasteiger partial charge in [0.1, 0.15) is 0 Å². The van der Waals surface area contributed by atoms with Crippen LogP contribution in [0.3, 0.4) is 0 Å². The van der Waals surface area contributed by atoms with E-state index < -0.39 is 0 Å². The van der Waals surface area contributed by atoms with Crippen molar-refractivity contribution in [2.45, 2.75) is 33.1 Å². The number of unbranched alkanes of at least 4 members (excludes halogenated alkanes) is 1. The maximum Gasteiger partial charge on any atom is 0.269 e. The summed E-state index contributed by atoms with van der Waals surface area (Å²) in [6, 6.07) is 6.67. The van der Waals surface area contributed by atoms with E-state index in [9.17, 15) is 9.59 Å². The predicted octanol–water partition coefficient (Wildman–Crippen LogP) is 1.94. The first kappa shape index (κ1) is 17.9. The molecule has 6 nitrogen and oxygen atoms in total. The molecule has 0 aliphatic rings. The van der Waals surface area contributed by atoms with Crippen LogP contribution >= 0.6 is 12.2 Å². The summed E-state index contributed by atoms with van der Waals surface area (Å²) in [7, 11) is 0. The standard InChI is InChI=1S/C15H22N4O2S/c1-3-5-6-13(20)17-12-9-7-11(8-10-12)14(21)18-19-15(22)16-4-2/h7-10H,3-6H2,1-2H3,(H,17,20)(H,18,21)(H2,16,19,22). The van der Waals surface area contributed by atoms with E-state index in [1.54, 1.807) is 24.3 Å². The van der Waals surface area contributed by atoms with Gasteiger partial charge in [-0.2, -0.15) is 0 Å². The smallest absolute Gasteiger partial charge is 0.269 e. The zero-order valence-electron chi connectivity index (χ0n) is 12.9. The molecule has 0 radical (unpaired) electrons. The van der Waals surface area contributed by atoms with Crippen LogP contribution in [0.2, 0.25) is 0 Å². The molecule has 4 N–H and O–H groups in total. The molecule has 0 spiro atoms. The molecule has 2 amide bonds. The summed E-state index contributed by atoms with van der Waals surface area (Å²) in [6.45, 7) is 4.62. The van der Waals surface area contributed by atoms with Crippen molar-refractivity contribution < 1.29 is 9.59 Å². The first-order chi connectivity index (χ1) is 10.6. The topological polar surface area (TPSA) is 82.3 Å². The lowest BCUT2D eigenvalue weighted by Crippen LogP contribution is -2.46. The Morgan fingerprint density at radius 1 is 1.09 bits per heavy atom. The zero-order valence-corrected chi connectivity index (χ0v) is 13.7. The minimum atomic E-state index is -0.302. The average molecular weight is 322 g/mol. The maximum absolute atomic E-state index is 11.9. The van der Waals surface area contributed by atoms with Gasteiger partial charge >= 0.3 is 0 Å². The lowest BCUT2D eigenvalue weighted by Gasteiger charge is -2.10. The molecule has 0 fully saturated rings. The molecule has 1 aromatic rings. The highest BCUT2D eigenvalue weighted by Gasteiger charge is 2.06. The molecule has 1 aromatic carbocycles. The second kappa shape index (κ2) is 9.73. The molecule has 0 aliphatic carbocycles. The van der Waals surface area contributed by atoms with Crippen LogP contribution in [-0.2, 0) is 4.79 Å². The number of hydrogen-bond acceptors (Lipinski definition) is 3. The van der Waals surface area contributed by atoms with Gasteiger partial charge in [0.2, 0.25) is 5.91 Å². The monoisotopic (exact) mass is 322 g/mol. The van der Waals surface area contributed by atoms with Crippen LogP contribution in [0.25, 0.3) is 0 Å². The Bertz CT molecular complexity index is 517. The number of benzene rings is 1. The molecule has 0 saturated carbocycles. The third-order valence-corrected chi connectivity index (χ3v) is 3.06. The Balaban J connectivity index is 2.48. The molecule has 1 rings (SSSR count). The molecule has 7 heteroatoms. The fourth-order valence-electron chi connectivity index (χ4n) is 1.66. The first-order valence-corrected chi connectivity index (χ1v) is 7.71. The summed E-state index contributed by atoms with van der Waals surface area (Å²) < 4.78 is 0. The number of hydrogen-bond donors (Lipinski definition) is 4. The minimum absolute atomic E-state index is 0.0169. The molecule has 0 aliphatic heterocycles. The minimum Gasteiger partial charge on any atom is -0.362 e. The van der Waals surface area contributed by atoms with Crippen molar-refractivity contribution in [2.75, 3.05) is 11.9 Å². The molecule has 0 saturated heterocycles. The van der Waals surface area contributed by atoms with Gasteiger partial charge in [0.05, 0.1) is 0 Å². The lowest BCUT2D eigenvalue weighted by molar-refractivity contribution is -0.116. The van der Waals surface area contributed by atoms with Gasteiger partial charge in [0.25, 0.3) is 5.91 Å². The largest absolute Gasteiger partial charge is 0.362 e. The Morgan fingerprint density at radius 2 is 1.77 bits per heavy atom. The summed E-state index contributed by atoms with van der Waals surface area (Å²) in [5.41, 5.74) is 6.24. The highest BCUT2D eigenvalue weighted by molar-refractivity contribution is 7.80. The van der Waals surface area contributed by atoms with E-state index in [4.69, 9.17) is 12.2 Å². The quantitative estimate of drug-likeness (QED) is 0.475. The van der Waals surface area contributed by atoms with Crippen LogP contribution in [0, 0.1) is 0 Å². The highest BCUT2D eigenvalue weighted by atomic mass is 32.1. The summed E-state index contributed by atoms with van der Waals surface area (Å²) in [4.78, 5) is 23.5. The average Bonchev–Trinajstić information content (AvgIpc) is 2.51. The molecule has 0 aromatic heterocycles. The van der Waals surface area contributed by atoms with Crippen molar-refractivity contribution >= 4 is 34.8 Å². The fourth-order valence-corrected chi connectivity index (χ4v) is 1.85. The van der Waals surface area contributed by atoms with Crippen LogP contribution in [-0.4, -0.2) is 23.5 Å². The van der Waals surface area contributed by atoms with Gasteiger partial charge < -0.3 is 10.6 Å². The van der Waals surface area contributed by atoms with E-state index in [2.05, 4.69) is 21.5 Å². The van der Waals surface area contributed by atoms with Gasteiger partial charge in [0, 0.05) is 24.2 Å². The highest BCUT2D eigenvalue weighted by Crippen LogP contribution is 2.10. The van der Waals surface area contributed by atoms with Crippen molar-refractivity contribution in [1.82, 2.24) is 16.2 Å². The predicted molar refractivity (Wildman–Crippen MR) is 91.5 cm³/mol. The second-order valence-corrected chi connectivity index (χ2v) is 5.08. The van der Waals surface area contributed by atoms with Crippen molar-refractivity contribution in [3.63, 3.8) is 0 Å². The van der Waals surface area contributed by atoms with E-state index in [1.807, 2.05) is 13.8 Å². The number of rotatable bonds is 6. The van der Waals surface area contributed by atoms with E-state index >= 15 is 0 Å². The van der Waals surface area contributed by atoms with Crippen LogP contribution < -0.4 is 21.5 Å². The first-order valence-electron chi connectivity index (χ1n) is 7.31. The van der Waals surface area contributed by atoms with E-state index in [1.165, 1.54) is 0 Å². The van der Waals surface area contributed by atoms with Crippen molar-refractivity contribution in [3.05, 3.63) is 29.8 Å². The molecule has 0 bridgehead atoms. The van der Waals surface area contributed by atoms with Crippen LogP contribution in [0.15, 0.2) is 24.3 Å². The molecule has 0 heterocycles. The molecule has 0 atom stereocenters. The van der Waals surface area contributed by atoms with Gasteiger partial charge in [-0.3, -0.25) is 20.4 Å². The number of hydrazine groups is 1. The van der Waals surface area contributed by atoms with Crippen LogP contribution in [0.5, 0.6) is 0 Å². The Morgan fingerprint density at radius 3 is 2.36 bits per heavy atom. The van der Waals surface area contributed by atoms with Crippen LogP contribution in [0.1, 0.15) is 43.5 Å². The Labute approximate surface area is 136 Å². The molecule has 0 unspecified atom stereocenters. The van der Waals surface area contributed by atoms with Crippen molar-refractivity contribution in [3.8, 4) is 0 Å². The maximum atomic E-state index is 11.9. The van der Waals surface area contributed by atoms with Gasteiger partial charge in [-0.05, 0) is 49.8 Å². The SMILES string of the molecule is CCCCC(=O)Nc1ccc(C(=O)NNC(=S)NCC)cc1. The van der Waals surface area contributed by atoms with Gasteiger partial charge in [0.15, 0.2) is 5.11 Å². The second-order valence-electron chi connectivity index (χ2n) is 4.67. The van der Waals surface area contributed by atoms with Gasteiger partial charge in [-0.1, -0.05) is 13.3 Å².